The molecule has 1 aliphatic heterocycles. The molecule has 9 heteroatoms. The number of carbonyl (C=O) groups is 1. The monoisotopic (exact) mass is 420 g/mol. The minimum Gasteiger partial charge on any atom is -0.353 e. The molecule has 2 atom stereocenters. The Morgan fingerprint density at radius 3 is 2.63 bits per heavy atom. The van der Waals surface area contributed by atoms with Crippen molar-refractivity contribution in [3.8, 4) is 0 Å². The van der Waals surface area contributed by atoms with Crippen molar-refractivity contribution in [3.05, 3.63) is 47.3 Å². The highest BCUT2D eigenvalue weighted by atomic mass is 19.4. The predicted molar refractivity (Wildman–Crippen MR) is 108 cm³/mol. The van der Waals surface area contributed by atoms with Crippen molar-refractivity contribution < 1.29 is 18.0 Å². The van der Waals surface area contributed by atoms with Gasteiger partial charge in [0.25, 0.3) is 0 Å². The van der Waals surface area contributed by atoms with Crippen LogP contribution in [0.25, 0.3) is 0 Å². The van der Waals surface area contributed by atoms with Crippen LogP contribution >= 0.6 is 0 Å². The second kappa shape index (κ2) is 8.59. The van der Waals surface area contributed by atoms with Crippen LogP contribution in [0.1, 0.15) is 48.8 Å². The Morgan fingerprint density at radius 2 is 2.03 bits per heavy atom. The molecule has 1 radical (unpaired) electrons. The zero-order chi connectivity index (χ0) is 22.1. The summed E-state index contributed by atoms with van der Waals surface area (Å²) in [6.45, 7) is 7.38. The quantitative estimate of drug-likeness (QED) is 0.743. The van der Waals surface area contributed by atoms with E-state index < -0.39 is 23.2 Å². The van der Waals surface area contributed by atoms with Crippen LogP contribution in [0, 0.1) is 5.92 Å². The van der Waals surface area contributed by atoms with Gasteiger partial charge in [-0.1, -0.05) is 20.8 Å². The SMILES string of the molecule is CC[C@@H]1CN(c2ccc(C(F)(F)F)c(C(=O)c3cccnc3[NH])n2)C[C@H](C(C)C)N1. The predicted octanol–water partition coefficient (Wildman–Crippen LogP) is 3.85. The minimum absolute atomic E-state index is 0.158. The van der Waals surface area contributed by atoms with Gasteiger partial charge in [-0.3, -0.25) is 10.5 Å². The standard InChI is InChI=1S/C21H25F3N5O/c1-4-13-10-29(11-16(27-13)12(2)3)17-8-7-15(21(22,23)24)18(28-17)19(30)14-6-5-9-26-20(14)25/h5-9,12-13,16,25,27H,4,10-11H2,1-3H3/t13-,16-/m1/s1. The molecule has 0 bridgehead atoms. The number of halogens is 3. The van der Waals surface area contributed by atoms with E-state index in [2.05, 4.69) is 29.1 Å². The molecule has 2 aromatic heterocycles. The molecule has 0 aliphatic carbocycles. The van der Waals surface area contributed by atoms with Gasteiger partial charge in [-0.25, -0.2) is 9.97 Å². The van der Waals surface area contributed by atoms with E-state index in [0.717, 1.165) is 12.5 Å². The van der Waals surface area contributed by atoms with E-state index in [1.54, 1.807) is 0 Å². The third-order valence-electron chi connectivity index (χ3n) is 5.38. The van der Waals surface area contributed by atoms with E-state index in [9.17, 15) is 18.0 Å². The smallest absolute Gasteiger partial charge is 0.353 e. The molecule has 2 aromatic rings. The molecule has 0 saturated carbocycles. The maximum absolute atomic E-state index is 13.6. The largest absolute Gasteiger partial charge is 0.418 e. The first-order valence-electron chi connectivity index (χ1n) is 9.92. The Hall–Kier alpha value is -2.68. The summed E-state index contributed by atoms with van der Waals surface area (Å²) in [5, 5.41) is 3.56. The summed E-state index contributed by atoms with van der Waals surface area (Å²) in [4.78, 5) is 22.7. The molecular weight excluding hydrogens is 395 g/mol. The van der Waals surface area contributed by atoms with Crippen LogP contribution in [0.15, 0.2) is 30.5 Å². The van der Waals surface area contributed by atoms with Gasteiger partial charge in [0, 0.05) is 31.4 Å². The lowest BCUT2D eigenvalue weighted by Gasteiger charge is -2.41. The number of rotatable bonds is 5. The van der Waals surface area contributed by atoms with Gasteiger partial charge in [0.15, 0.2) is 5.82 Å². The number of anilines is 1. The summed E-state index contributed by atoms with van der Waals surface area (Å²) < 4.78 is 40.8. The maximum atomic E-state index is 13.6. The number of ketones is 1. The van der Waals surface area contributed by atoms with Crippen molar-refractivity contribution in [2.45, 2.75) is 45.5 Å². The Balaban J connectivity index is 2.05. The summed E-state index contributed by atoms with van der Waals surface area (Å²) in [7, 11) is 0. The van der Waals surface area contributed by atoms with E-state index in [1.807, 2.05) is 11.8 Å². The van der Waals surface area contributed by atoms with Crippen molar-refractivity contribution in [2.24, 2.45) is 5.92 Å². The zero-order valence-electron chi connectivity index (χ0n) is 17.1. The molecule has 3 heterocycles. The summed E-state index contributed by atoms with van der Waals surface area (Å²) in [5.74, 6) is -0.674. The van der Waals surface area contributed by atoms with Gasteiger partial charge in [0.05, 0.1) is 11.1 Å². The van der Waals surface area contributed by atoms with Gasteiger partial charge in [-0.2, -0.15) is 13.2 Å². The highest BCUT2D eigenvalue weighted by Gasteiger charge is 2.38. The van der Waals surface area contributed by atoms with Crippen molar-refractivity contribution in [3.63, 3.8) is 0 Å². The van der Waals surface area contributed by atoms with Crippen LogP contribution in [-0.2, 0) is 6.18 Å². The van der Waals surface area contributed by atoms with E-state index in [-0.39, 0.29) is 23.5 Å². The molecule has 1 fully saturated rings. The molecule has 0 spiro atoms. The van der Waals surface area contributed by atoms with Crippen molar-refractivity contribution >= 4 is 17.4 Å². The van der Waals surface area contributed by atoms with Crippen LogP contribution in [-0.4, -0.2) is 40.9 Å². The molecule has 161 valence electrons. The first-order chi connectivity index (χ1) is 14.1. The average Bonchev–Trinajstić information content (AvgIpc) is 2.72. The number of nitrogens with one attached hydrogen (secondary N) is 2. The number of alkyl halides is 3. The van der Waals surface area contributed by atoms with Gasteiger partial charge in [-0.15, -0.1) is 0 Å². The number of nitrogens with zero attached hydrogens (tertiary/aromatic N) is 3. The fourth-order valence-electron chi connectivity index (χ4n) is 3.57. The molecule has 1 aliphatic rings. The highest BCUT2D eigenvalue weighted by molar-refractivity contribution is 6.11. The second-order valence-electron chi connectivity index (χ2n) is 7.82. The van der Waals surface area contributed by atoms with Crippen molar-refractivity contribution in [1.82, 2.24) is 21.0 Å². The fourth-order valence-corrected chi connectivity index (χ4v) is 3.57. The Kier molecular flexibility index (Phi) is 6.30. The van der Waals surface area contributed by atoms with Crippen LogP contribution in [0.5, 0.6) is 0 Å². The number of carbonyl (C=O) groups excluding carboxylic acids is 1. The Bertz CT molecular complexity index is 916. The van der Waals surface area contributed by atoms with Gasteiger partial charge in [0.1, 0.15) is 11.5 Å². The first kappa shape index (κ1) is 22.0. The lowest BCUT2D eigenvalue weighted by molar-refractivity contribution is -0.138. The molecule has 30 heavy (non-hydrogen) atoms. The normalized spacial score (nSPS) is 19.9. The van der Waals surface area contributed by atoms with Crippen molar-refractivity contribution in [1.29, 1.82) is 0 Å². The maximum Gasteiger partial charge on any atom is 0.418 e. The third-order valence-corrected chi connectivity index (χ3v) is 5.38. The third kappa shape index (κ3) is 4.56. The molecule has 2 N–H and O–H groups in total. The molecule has 3 rings (SSSR count). The Morgan fingerprint density at radius 1 is 1.30 bits per heavy atom. The van der Waals surface area contributed by atoms with Gasteiger partial charge < -0.3 is 10.2 Å². The average molecular weight is 420 g/mol. The highest BCUT2D eigenvalue weighted by Crippen LogP contribution is 2.34. The number of hydrogen-bond acceptors (Lipinski definition) is 5. The Labute approximate surface area is 173 Å². The second-order valence-corrected chi connectivity index (χ2v) is 7.82. The van der Waals surface area contributed by atoms with Crippen LogP contribution < -0.4 is 16.0 Å². The first-order valence-corrected chi connectivity index (χ1v) is 9.92. The molecular formula is C21H25F3N5O. The van der Waals surface area contributed by atoms with Crippen molar-refractivity contribution in [2.75, 3.05) is 18.0 Å². The lowest BCUT2D eigenvalue weighted by atomic mass is 9.98. The van der Waals surface area contributed by atoms with E-state index in [1.165, 1.54) is 24.4 Å². The van der Waals surface area contributed by atoms with Crippen LogP contribution in [0.4, 0.5) is 24.8 Å². The number of aromatic nitrogens is 2. The molecule has 1 saturated heterocycles. The summed E-state index contributed by atoms with van der Waals surface area (Å²) in [5.41, 5.74) is 5.77. The number of pyridine rings is 2. The molecule has 0 aromatic carbocycles. The molecule has 0 amide bonds. The van der Waals surface area contributed by atoms with Crippen LogP contribution in [0.2, 0.25) is 0 Å². The van der Waals surface area contributed by atoms with E-state index >= 15 is 0 Å². The fraction of sp³-hybridized carbons (Fsp3) is 0.476. The van der Waals surface area contributed by atoms with Gasteiger partial charge >= 0.3 is 6.18 Å². The topological polar surface area (TPSA) is 81.9 Å². The van der Waals surface area contributed by atoms with E-state index in [4.69, 9.17) is 5.73 Å². The number of hydrogen-bond donors (Lipinski definition) is 1. The lowest BCUT2D eigenvalue weighted by Crippen LogP contribution is -2.58. The molecule has 6 nitrogen and oxygen atoms in total. The van der Waals surface area contributed by atoms with E-state index in [0.29, 0.717) is 24.8 Å². The summed E-state index contributed by atoms with van der Waals surface area (Å²) in [6, 6.07) is 5.26. The summed E-state index contributed by atoms with van der Waals surface area (Å²) in [6.07, 6.45) is -2.56. The zero-order valence-corrected chi connectivity index (χ0v) is 17.1. The minimum atomic E-state index is -4.74. The summed E-state index contributed by atoms with van der Waals surface area (Å²) >= 11 is 0. The number of piperazine rings is 1. The van der Waals surface area contributed by atoms with Gasteiger partial charge in [-0.05, 0) is 36.6 Å². The van der Waals surface area contributed by atoms with Crippen LogP contribution in [0.3, 0.4) is 0 Å². The van der Waals surface area contributed by atoms with Gasteiger partial charge in [0.2, 0.25) is 5.78 Å². The molecule has 0 unspecified atom stereocenters.